The summed E-state index contributed by atoms with van der Waals surface area (Å²) >= 11 is 0. The van der Waals surface area contributed by atoms with Crippen molar-refractivity contribution in [3.05, 3.63) is 0 Å². The van der Waals surface area contributed by atoms with E-state index in [2.05, 4.69) is 4.90 Å². The third kappa shape index (κ3) is 3.68. The van der Waals surface area contributed by atoms with E-state index in [4.69, 9.17) is 11.5 Å². The predicted molar refractivity (Wildman–Crippen MR) is 67.5 cm³/mol. The minimum atomic E-state index is -0.780. The van der Waals surface area contributed by atoms with E-state index in [-0.39, 0.29) is 12.3 Å². The van der Waals surface area contributed by atoms with Crippen molar-refractivity contribution < 1.29 is 9.59 Å². The van der Waals surface area contributed by atoms with E-state index in [1.54, 1.807) is 4.90 Å². The molecule has 2 rings (SSSR count). The maximum absolute atomic E-state index is 11.9. The van der Waals surface area contributed by atoms with Crippen LogP contribution in [-0.4, -0.2) is 60.4 Å². The van der Waals surface area contributed by atoms with Crippen molar-refractivity contribution in [3.8, 4) is 0 Å². The maximum atomic E-state index is 11.9. The number of hydrogen-bond donors (Lipinski definition) is 2. The van der Waals surface area contributed by atoms with Crippen LogP contribution in [0.25, 0.3) is 0 Å². The van der Waals surface area contributed by atoms with Gasteiger partial charge in [-0.15, -0.1) is 0 Å². The molecule has 1 saturated heterocycles. The van der Waals surface area contributed by atoms with Crippen LogP contribution in [0.3, 0.4) is 0 Å². The summed E-state index contributed by atoms with van der Waals surface area (Å²) in [6.45, 7) is 4.39. The lowest BCUT2D eigenvalue weighted by Gasteiger charge is -2.35. The highest BCUT2D eigenvalue weighted by Crippen LogP contribution is 2.29. The van der Waals surface area contributed by atoms with Gasteiger partial charge in [0.05, 0.1) is 12.5 Å². The molecule has 0 spiro atoms. The van der Waals surface area contributed by atoms with Gasteiger partial charge >= 0.3 is 0 Å². The van der Waals surface area contributed by atoms with E-state index < -0.39 is 11.9 Å². The number of hydrogen-bond acceptors (Lipinski definition) is 4. The first kappa shape index (κ1) is 13.3. The minimum Gasteiger partial charge on any atom is -0.370 e. The second kappa shape index (κ2) is 5.67. The summed E-state index contributed by atoms with van der Waals surface area (Å²) in [4.78, 5) is 26.8. The number of nitrogens with two attached hydrogens (primary N) is 2. The molecule has 0 aromatic heterocycles. The largest absolute Gasteiger partial charge is 0.370 e. The summed E-state index contributed by atoms with van der Waals surface area (Å²) in [5.41, 5.74) is 10.7. The second-order valence-corrected chi connectivity index (χ2v) is 5.35. The Morgan fingerprint density at radius 2 is 1.78 bits per heavy atom. The molecular weight excluding hydrogens is 232 g/mol. The van der Waals surface area contributed by atoms with Crippen LogP contribution in [0.2, 0.25) is 0 Å². The fourth-order valence-corrected chi connectivity index (χ4v) is 2.35. The van der Waals surface area contributed by atoms with Gasteiger partial charge in [-0.2, -0.15) is 0 Å². The summed E-state index contributed by atoms with van der Waals surface area (Å²) in [7, 11) is 0. The zero-order valence-electron chi connectivity index (χ0n) is 10.7. The van der Waals surface area contributed by atoms with E-state index in [1.807, 2.05) is 0 Å². The van der Waals surface area contributed by atoms with Crippen molar-refractivity contribution in [2.75, 3.05) is 32.7 Å². The van der Waals surface area contributed by atoms with E-state index in [0.717, 1.165) is 25.6 Å². The van der Waals surface area contributed by atoms with Gasteiger partial charge in [0.1, 0.15) is 0 Å². The molecule has 2 amide bonds. The van der Waals surface area contributed by atoms with E-state index in [9.17, 15) is 9.59 Å². The van der Waals surface area contributed by atoms with Crippen LogP contribution in [-0.2, 0) is 9.59 Å². The van der Waals surface area contributed by atoms with Gasteiger partial charge in [0, 0.05) is 32.7 Å². The number of carbonyl (C=O) groups excluding carboxylic acids is 2. The molecule has 102 valence electrons. The van der Waals surface area contributed by atoms with Crippen molar-refractivity contribution in [1.82, 2.24) is 9.80 Å². The van der Waals surface area contributed by atoms with Crippen LogP contribution in [0.4, 0.5) is 0 Å². The molecule has 6 heteroatoms. The molecule has 1 saturated carbocycles. The molecule has 2 fully saturated rings. The molecule has 1 atom stereocenters. The molecule has 0 aromatic rings. The third-order valence-corrected chi connectivity index (χ3v) is 3.64. The van der Waals surface area contributed by atoms with Crippen molar-refractivity contribution in [3.63, 3.8) is 0 Å². The summed E-state index contributed by atoms with van der Waals surface area (Å²) in [6.07, 6.45) is 2.63. The molecule has 4 N–H and O–H groups in total. The molecule has 1 aliphatic carbocycles. The Bertz CT molecular complexity index is 322. The summed E-state index contributed by atoms with van der Waals surface area (Å²) < 4.78 is 0. The van der Waals surface area contributed by atoms with Gasteiger partial charge in [0.2, 0.25) is 11.8 Å². The SMILES string of the molecule is NC(=O)CC(N)C(=O)N1CCN(CC2CC2)CC1. The molecular formula is C12H22N4O2. The Morgan fingerprint density at radius 1 is 1.17 bits per heavy atom. The van der Waals surface area contributed by atoms with Crippen molar-refractivity contribution in [1.29, 1.82) is 0 Å². The van der Waals surface area contributed by atoms with Gasteiger partial charge in [-0.25, -0.2) is 0 Å². The summed E-state index contributed by atoms with van der Waals surface area (Å²) in [6, 6.07) is -0.780. The Labute approximate surface area is 107 Å². The molecule has 1 unspecified atom stereocenters. The van der Waals surface area contributed by atoms with Crippen molar-refractivity contribution >= 4 is 11.8 Å². The first-order chi connectivity index (χ1) is 8.56. The predicted octanol–water partition coefficient (Wildman–Crippen LogP) is -1.26. The van der Waals surface area contributed by atoms with Crippen LogP contribution in [0, 0.1) is 5.92 Å². The van der Waals surface area contributed by atoms with Crippen LogP contribution in [0.15, 0.2) is 0 Å². The van der Waals surface area contributed by atoms with Crippen molar-refractivity contribution in [2.45, 2.75) is 25.3 Å². The number of nitrogens with zero attached hydrogens (tertiary/aromatic N) is 2. The quantitative estimate of drug-likeness (QED) is 0.640. The van der Waals surface area contributed by atoms with Gasteiger partial charge in [0.25, 0.3) is 0 Å². The van der Waals surface area contributed by atoms with Gasteiger partial charge < -0.3 is 16.4 Å². The van der Waals surface area contributed by atoms with E-state index in [1.165, 1.54) is 12.8 Å². The Morgan fingerprint density at radius 3 is 2.28 bits per heavy atom. The first-order valence-corrected chi connectivity index (χ1v) is 6.61. The number of rotatable bonds is 5. The van der Waals surface area contributed by atoms with E-state index >= 15 is 0 Å². The lowest BCUT2D eigenvalue weighted by molar-refractivity contribution is -0.136. The Balaban J connectivity index is 1.73. The zero-order chi connectivity index (χ0) is 13.1. The summed E-state index contributed by atoms with van der Waals surface area (Å²) in [5.74, 6) is 0.201. The Hall–Kier alpha value is -1.14. The van der Waals surface area contributed by atoms with Crippen LogP contribution in [0.1, 0.15) is 19.3 Å². The highest BCUT2D eigenvalue weighted by Gasteiger charge is 2.29. The molecule has 0 bridgehead atoms. The van der Waals surface area contributed by atoms with Crippen LogP contribution >= 0.6 is 0 Å². The highest BCUT2D eigenvalue weighted by molar-refractivity contribution is 5.87. The maximum Gasteiger partial charge on any atom is 0.240 e. The first-order valence-electron chi connectivity index (χ1n) is 6.61. The molecule has 0 radical (unpaired) electrons. The molecule has 6 nitrogen and oxygen atoms in total. The normalized spacial score (nSPS) is 22.8. The highest BCUT2D eigenvalue weighted by atomic mass is 16.2. The number of piperazine rings is 1. The molecule has 18 heavy (non-hydrogen) atoms. The van der Waals surface area contributed by atoms with Gasteiger partial charge in [-0.3, -0.25) is 14.5 Å². The fourth-order valence-electron chi connectivity index (χ4n) is 2.35. The molecule has 1 aliphatic heterocycles. The second-order valence-electron chi connectivity index (χ2n) is 5.35. The number of amides is 2. The monoisotopic (exact) mass is 254 g/mol. The van der Waals surface area contributed by atoms with E-state index in [0.29, 0.717) is 13.1 Å². The smallest absolute Gasteiger partial charge is 0.240 e. The van der Waals surface area contributed by atoms with Crippen LogP contribution < -0.4 is 11.5 Å². The average molecular weight is 254 g/mol. The number of primary amides is 1. The van der Waals surface area contributed by atoms with Gasteiger partial charge in [0.15, 0.2) is 0 Å². The molecule has 0 aromatic carbocycles. The molecule has 1 heterocycles. The number of carbonyl (C=O) groups is 2. The Kier molecular flexibility index (Phi) is 4.19. The lowest BCUT2D eigenvalue weighted by atomic mass is 10.1. The van der Waals surface area contributed by atoms with Gasteiger partial charge in [-0.1, -0.05) is 0 Å². The standard InChI is InChI=1S/C12H22N4O2/c13-10(7-11(14)17)12(18)16-5-3-15(4-6-16)8-9-1-2-9/h9-10H,1-8,13H2,(H2,14,17). The third-order valence-electron chi connectivity index (χ3n) is 3.64. The average Bonchev–Trinajstić information content (AvgIpc) is 3.12. The molecule has 2 aliphatic rings. The van der Waals surface area contributed by atoms with Gasteiger partial charge in [-0.05, 0) is 18.8 Å². The van der Waals surface area contributed by atoms with Crippen LogP contribution in [0.5, 0.6) is 0 Å². The minimum absolute atomic E-state index is 0.0683. The zero-order valence-corrected chi connectivity index (χ0v) is 10.7. The van der Waals surface area contributed by atoms with Crippen molar-refractivity contribution in [2.24, 2.45) is 17.4 Å². The lowest BCUT2D eigenvalue weighted by Crippen LogP contribution is -2.54. The fraction of sp³-hybridized carbons (Fsp3) is 0.833. The summed E-state index contributed by atoms with van der Waals surface area (Å²) in [5, 5.41) is 0. The topological polar surface area (TPSA) is 92.7 Å².